The van der Waals surface area contributed by atoms with Crippen molar-refractivity contribution in [1.29, 1.82) is 0 Å². The first-order chi connectivity index (χ1) is 6.77. The van der Waals surface area contributed by atoms with Crippen molar-refractivity contribution in [1.82, 2.24) is 0 Å². The molecule has 0 N–H and O–H groups in total. The topological polar surface area (TPSA) is 0 Å². The van der Waals surface area contributed by atoms with Gasteiger partial charge in [-0.1, -0.05) is 46.3 Å². The minimum Gasteiger partial charge on any atom is -0.0620 e. The summed E-state index contributed by atoms with van der Waals surface area (Å²) in [5.41, 5.74) is 3.78. The Kier molecular flexibility index (Phi) is 2.69. The minimum atomic E-state index is 0.995. The zero-order valence-corrected chi connectivity index (χ0v) is 9.51. The summed E-state index contributed by atoms with van der Waals surface area (Å²) in [4.78, 5) is 0. The van der Waals surface area contributed by atoms with E-state index < -0.39 is 0 Å². The molecular formula is C13H10Br. The first-order valence-corrected chi connectivity index (χ1v) is 5.30. The lowest BCUT2D eigenvalue weighted by Crippen LogP contribution is -1.81. The summed E-state index contributed by atoms with van der Waals surface area (Å²) < 4.78 is 0.995. The molecule has 0 nitrogen and oxygen atoms in total. The van der Waals surface area contributed by atoms with Crippen LogP contribution in [-0.2, 0) is 0 Å². The molecule has 69 valence electrons. The van der Waals surface area contributed by atoms with Crippen molar-refractivity contribution in [3.63, 3.8) is 0 Å². The SMILES string of the molecule is Cc1ccccc1-c1c[c]c(Br)cc1. The van der Waals surface area contributed by atoms with E-state index in [1.54, 1.807) is 0 Å². The Hall–Kier alpha value is -1.08. The maximum atomic E-state index is 3.38. The van der Waals surface area contributed by atoms with Crippen LogP contribution >= 0.6 is 15.9 Å². The van der Waals surface area contributed by atoms with Gasteiger partial charge in [0.05, 0.1) is 0 Å². The molecule has 0 spiro atoms. The molecule has 1 heteroatoms. The normalized spacial score (nSPS) is 10.1. The predicted molar refractivity (Wildman–Crippen MR) is 63.2 cm³/mol. The van der Waals surface area contributed by atoms with Crippen molar-refractivity contribution in [3.05, 3.63) is 58.6 Å². The van der Waals surface area contributed by atoms with Gasteiger partial charge in [0.25, 0.3) is 0 Å². The van der Waals surface area contributed by atoms with E-state index in [1.807, 2.05) is 12.1 Å². The Morgan fingerprint density at radius 2 is 1.86 bits per heavy atom. The Labute approximate surface area is 92.7 Å². The van der Waals surface area contributed by atoms with E-state index in [4.69, 9.17) is 0 Å². The highest BCUT2D eigenvalue weighted by molar-refractivity contribution is 9.10. The summed E-state index contributed by atoms with van der Waals surface area (Å²) in [7, 11) is 0. The van der Waals surface area contributed by atoms with Crippen molar-refractivity contribution in [3.8, 4) is 11.1 Å². The highest BCUT2D eigenvalue weighted by Gasteiger charge is 1.99. The van der Waals surface area contributed by atoms with Crippen LogP contribution < -0.4 is 0 Å². The average molecular weight is 246 g/mol. The van der Waals surface area contributed by atoms with E-state index in [2.05, 4.69) is 59.3 Å². The molecule has 0 aromatic heterocycles. The molecule has 0 aliphatic heterocycles. The highest BCUT2D eigenvalue weighted by Crippen LogP contribution is 2.24. The van der Waals surface area contributed by atoms with Crippen LogP contribution in [0.3, 0.4) is 0 Å². The standard InChI is InChI=1S/C13H10Br/c1-10-4-2-3-5-13(10)11-6-8-12(14)9-7-11/h2-8H,1H3. The second-order valence-electron chi connectivity index (χ2n) is 3.24. The summed E-state index contributed by atoms with van der Waals surface area (Å²) in [6.45, 7) is 2.12. The molecular weight excluding hydrogens is 236 g/mol. The van der Waals surface area contributed by atoms with Crippen LogP contribution in [0.1, 0.15) is 5.56 Å². The Bertz CT molecular complexity index is 429. The lowest BCUT2D eigenvalue weighted by Gasteiger charge is -2.04. The van der Waals surface area contributed by atoms with Crippen LogP contribution in [0.25, 0.3) is 11.1 Å². The predicted octanol–water partition coefficient (Wildman–Crippen LogP) is 4.22. The van der Waals surface area contributed by atoms with Gasteiger partial charge in [0.15, 0.2) is 0 Å². The summed E-state index contributed by atoms with van der Waals surface area (Å²) in [6, 6.07) is 17.6. The average Bonchev–Trinajstić information content (AvgIpc) is 2.20. The van der Waals surface area contributed by atoms with Crippen molar-refractivity contribution in [2.75, 3.05) is 0 Å². The summed E-state index contributed by atoms with van der Waals surface area (Å²) in [5, 5.41) is 0. The summed E-state index contributed by atoms with van der Waals surface area (Å²) in [5.74, 6) is 0. The number of aryl methyl sites for hydroxylation is 1. The van der Waals surface area contributed by atoms with Crippen molar-refractivity contribution >= 4 is 15.9 Å². The van der Waals surface area contributed by atoms with Crippen LogP contribution in [0.15, 0.2) is 46.9 Å². The Balaban J connectivity index is 2.50. The van der Waals surface area contributed by atoms with Crippen LogP contribution in [0.5, 0.6) is 0 Å². The molecule has 14 heavy (non-hydrogen) atoms. The smallest absolute Gasteiger partial charge is 0.0254 e. The minimum absolute atomic E-state index is 0.995. The molecule has 2 aromatic carbocycles. The van der Waals surface area contributed by atoms with Gasteiger partial charge in [0.1, 0.15) is 0 Å². The molecule has 0 atom stereocenters. The first kappa shape index (κ1) is 9.47. The molecule has 2 rings (SSSR count). The van der Waals surface area contributed by atoms with E-state index in [9.17, 15) is 0 Å². The van der Waals surface area contributed by atoms with Crippen molar-refractivity contribution < 1.29 is 0 Å². The third-order valence-electron chi connectivity index (χ3n) is 2.23. The second-order valence-corrected chi connectivity index (χ2v) is 4.09. The fourth-order valence-electron chi connectivity index (χ4n) is 1.47. The van der Waals surface area contributed by atoms with Crippen molar-refractivity contribution in [2.24, 2.45) is 0 Å². The van der Waals surface area contributed by atoms with Gasteiger partial charge in [-0.25, -0.2) is 0 Å². The molecule has 0 unspecified atom stereocenters. The first-order valence-electron chi connectivity index (χ1n) is 4.50. The second kappa shape index (κ2) is 3.97. The maximum Gasteiger partial charge on any atom is 0.0254 e. The monoisotopic (exact) mass is 245 g/mol. The third-order valence-corrected chi connectivity index (χ3v) is 2.72. The number of hydrogen-bond acceptors (Lipinski definition) is 0. The van der Waals surface area contributed by atoms with Gasteiger partial charge in [0.2, 0.25) is 0 Å². The number of hydrogen-bond donors (Lipinski definition) is 0. The third kappa shape index (κ3) is 1.88. The van der Waals surface area contributed by atoms with Crippen molar-refractivity contribution in [2.45, 2.75) is 6.92 Å². The lowest BCUT2D eigenvalue weighted by molar-refractivity contribution is 1.45. The lowest BCUT2D eigenvalue weighted by atomic mass is 10.0. The van der Waals surface area contributed by atoms with Gasteiger partial charge in [0, 0.05) is 4.47 Å². The van der Waals surface area contributed by atoms with Gasteiger partial charge in [-0.3, -0.25) is 0 Å². The van der Waals surface area contributed by atoms with Gasteiger partial charge in [-0.2, -0.15) is 0 Å². The zero-order valence-electron chi connectivity index (χ0n) is 7.92. The summed E-state index contributed by atoms with van der Waals surface area (Å²) in [6.07, 6.45) is 0. The Morgan fingerprint density at radius 1 is 1.07 bits per heavy atom. The fraction of sp³-hybridized carbons (Fsp3) is 0.0769. The molecule has 0 bridgehead atoms. The molecule has 2 aromatic rings. The summed E-state index contributed by atoms with van der Waals surface area (Å²) >= 11 is 3.38. The van der Waals surface area contributed by atoms with Gasteiger partial charge < -0.3 is 0 Å². The highest BCUT2D eigenvalue weighted by atomic mass is 79.9. The number of rotatable bonds is 1. The van der Waals surface area contributed by atoms with Crippen LogP contribution in [0.4, 0.5) is 0 Å². The van der Waals surface area contributed by atoms with E-state index in [1.165, 1.54) is 16.7 Å². The van der Waals surface area contributed by atoms with Gasteiger partial charge >= 0.3 is 0 Å². The van der Waals surface area contributed by atoms with E-state index >= 15 is 0 Å². The van der Waals surface area contributed by atoms with Crippen LogP contribution in [0.2, 0.25) is 0 Å². The molecule has 0 aliphatic carbocycles. The van der Waals surface area contributed by atoms with E-state index in [-0.39, 0.29) is 0 Å². The number of benzene rings is 2. The maximum absolute atomic E-state index is 3.38. The molecule has 0 fully saturated rings. The largest absolute Gasteiger partial charge is 0.0620 e. The number of halogens is 1. The zero-order chi connectivity index (χ0) is 9.97. The Morgan fingerprint density at radius 3 is 2.50 bits per heavy atom. The molecule has 0 heterocycles. The van der Waals surface area contributed by atoms with Gasteiger partial charge in [-0.15, -0.1) is 0 Å². The molecule has 0 amide bonds. The molecule has 0 saturated carbocycles. The fourth-order valence-corrected chi connectivity index (χ4v) is 1.72. The van der Waals surface area contributed by atoms with E-state index in [0.29, 0.717) is 0 Å². The molecule has 0 saturated heterocycles. The van der Waals surface area contributed by atoms with Crippen LogP contribution in [-0.4, -0.2) is 0 Å². The molecule has 0 aliphatic rings. The molecule has 1 radical (unpaired) electrons. The van der Waals surface area contributed by atoms with E-state index in [0.717, 1.165) is 4.47 Å². The van der Waals surface area contributed by atoms with Gasteiger partial charge in [-0.05, 0) is 41.8 Å². The quantitative estimate of drug-likeness (QED) is 0.706. The van der Waals surface area contributed by atoms with Crippen LogP contribution in [0, 0.1) is 13.0 Å².